The maximum atomic E-state index is 13.3. The van der Waals surface area contributed by atoms with Crippen molar-refractivity contribution in [2.75, 3.05) is 7.11 Å². The highest BCUT2D eigenvalue weighted by Crippen LogP contribution is 2.25. The van der Waals surface area contributed by atoms with Gasteiger partial charge in [0.1, 0.15) is 11.6 Å². The molecule has 0 bridgehead atoms. The topological polar surface area (TPSA) is 49.2 Å². The summed E-state index contributed by atoms with van der Waals surface area (Å²) in [5, 5.41) is 4.38. The van der Waals surface area contributed by atoms with Crippen LogP contribution in [0.1, 0.15) is 6.92 Å². The van der Waals surface area contributed by atoms with E-state index in [0.29, 0.717) is 11.3 Å². The van der Waals surface area contributed by atoms with Gasteiger partial charge in [-0.15, -0.1) is 5.10 Å². The lowest BCUT2D eigenvalue weighted by atomic mass is 10.3. The number of hydrogen-bond donors (Lipinski definition) is 0. The van der Waals surface area contributed by atoms with E-state index in [2.05, 4.69) is 26.0 Å². The first-order valence-corrected chi connectivity index (χ1v) is 6.92. The Kier molecular flexibility index (Phi) is 4.95. The maximum absolute atomic E-state index is 13.3. The molecule has 0 saturated carbocycles. The zero-order valence-electron chi connectivity index (χ0n) is 10.8. The Balaban J connectivity index is 2.24. The van der Waals surface area contributed by atoms with Crippen molar-refractivity contribution >= 4 is 27.5 Å². The molecule has 0 fully saturated rings. The summed E-state index contributed by atoms with van der Waals surface area (Å²) < 4.78 is 25.8. The molecule has 1 unspecified atom stereocenters. The van der Waals surface area contributed by atoms with Gasteiger partial charge >= 0.3 is 6.01 Å². The Morgan fingerprint density at radius 3 is 2.85 bits per heavy atom. The van der Waals surface area contributed by atoms with Gasteiger partial charge in [-0.2, -0.15) is 4.98 Å². The third kappa shape index (κ3) is 3.91. The van der Waals surface area contributed by atoms with E-state index in [9.17, 15) is 4.39 Å². The number of nitrogens with zero attached hydrogens (tertiary/aromatic N) is 3. The predicted octanol–water partition coefficient (Wildman–Crippen LogP) is 3.66. The van der Waals surface area contributed by atoms with Gasteiger partial charge in [-0.3, -0.25) is 0 Å². The Hall–Kier alpha value is -1.18. The molecule has 0 amide bonds. The van der Waals surface area contributed by atoms with E-state index >= 15 is 0 Å². The van der Waals surface area contributed by atoms with E-state index in [0.717, 1.165) is 0 Å². The quantitative estimate of drug-likeness (QED) is 0.812. The van der Waals surface area contributed by atoms with E-state index in [4.69, 9.17) is 21.1 Å². The molecule has 1 heterocycles. The lowest BCUT2D eigenvalue weighted by Gasteiger charge is -2.11. The lowest BCUT2D eigenvalue weighted by molar-refractivity contribution is 0.0972. The SMILES string of the molecule is COC(C)Cn1nc(Br)nc1Oc1cc(F)cc(Cl)c1. The van der Waals surface area contributed by atoms with Gasteiger partial charge in [0.05, 0.1) is 12.6 Å². The van der Waals surface area contributed by atoms with Crippen molar-refractivity contribution in [3.63, 3.8) is 0 Å². The molecule has 5 nitrogen and oxygen atoms in total. The van der Waals surface area contributed by atoms with E-state index in [1.807, 2.05) is 6.92 Å². The minimum absolute atomic E-state index is 0.0675. The van der Waals surface area contributed by atoms with Gasteiger partial charge < -0.3 is 9.47 Å². The average Bonchev–Trinajstić information content (AvgIpc) is 2.67. The summed E-state index contributed by atoms with van der Waals surface area (Å²) in [5.74, 6) is -0.232. The van der Waals surface area contributed by atoms with E-state index in [-0.39, 0.29) is 22.9 Å². The van der Waals surface area contributed by atoms with Crippen molar-refractivity contribution in [1.29, 1.82) is 0 Å². The minimum Gasteiger partial charge on any atom is -0.424 e. The van der Waals surface area contributed by atoms with E-state index in [1.165, 1.54) is 22.9 Å². The Labute approximate surface area is 128 Å². The highest BCUT2D eigenvalue weighted by molar-refractivity contribution is 9.10. The Morgan fingerprint density at radius 2 is 2.20 bits per heavy atom. The molecular weight excluding hydrogens is 353 g/mol. The second kappa shape index (κ2) is 6.51. The first kappa shape index (κ1) is 15.2. The smallest absolute Gasteiger partial charge is 0.321 e. The number of ether oxygens (including phenoxy) is 2. The number of methoxy groups -OCH3 is 1. The fraction of sp³-hybridized carbons (Fsp3) is 0.333. The maximum Gasteiger partial charge on any atom is 0.321 e. The molecule has 108 valence electrons. The van der Waals surface area contributed by atoms with Gasteiger partial charge in [0.15, 0.2) is 0 Å². The van der Waals surface area contributed by atoms with Crippen LogP contribution in [0, 0.1) is 5.82 Å². The van der Waals surface area contributed by atoms with Crippen LogP contribution in [0.3, 0.4) is 0 Å². The molecule has 8 heteroatoms. The highest BCUT2D eigenvalue weighted by atomic mass is 79.9. The zero-order valence-corrected chi connectivity index (χ0v) is 13.2. The summed E-state index contributed by atoms with van der Waals surface area (Å²) in [6.45, 7) is 2.34. The highest BCUT2D eigenvalue weighted by Gasteiger charge is 2.14. The second-order valence-electron chi connectivity index (χ2n) is 4.10. The van der Waals surface area contributed by atoms with Crippen LogP contribution in [-0.4, -0.2) is 28.0 Å². The minimum atomic E-state index is -0.483. The molecule has 0 radical (unpaired) electrons. The van der Waals surface area contributed by atoms with Crippen molar-refractivity contribution < 1.29 is 13.9 Å². The van der Waals surface area contributed by atoms with Crippen molar-refractivity contribution in [2.24, 2.45) is 0 Å². The molecule has 0 saturated heterocycles. The van der Waals surface area contributed by atoms with Crippen molar-refractivity contribution in [3.05, 3.63) is 33.8 Å². The first-order chi connectivity index (χ1) is 9.47. The molecule has 0 aliphatic heterocycles. The van der Waals surface area contributed by atoms with Gasteiger partial charge in [-0.25, -0.2) is 9.07 Å². The average molecular weight is 365 g/mol. The molecule has 2 rings (SSSR count). The van der Waals surface area contributed by atoms with Gasteiger partial charge in [-0.1, -0.05) is 11.6 Å². The van der Waals surface area contributed by atoms with Crippen LogP contribution in [0.2, 0.25) is 5.02 Å². The molecular formula is C12H12BrClFN3O2. The van der Waals surface area contributed by atoms with Crippen molar-refractivity contribution in [1.82, 2.24) is 14.8 Å². The second-order valence-corrected chi connectivity index (χ2v) is 5.24. The third-order valence-corrected chi connectivity index (χ3v) is 3.04. The molecule has 0 aliphatic rings. The zero-order chi connectivity index (χ0) is 14.7. The van der Waals surface area contributed by atoms with Crippen LogP contribution in [0.5, 0.6) is 11.8 Å². The molecule has 0 spiro atoms. The van der Waals surface area contributed by atoms with Crippen LogP contribution < -0.4 is 4.74 Å². The molecule has 1 atom stereocenters. The van der Waals surface area contributed by atoms with Gasteiger partial charge in [0, 0.05) is 18.2 Å². The van der Waals surface area contributed by atoms with Gasteiger partial charge in [0.25, 0.3) is 0 Å². The summed E-state index contributed by atoms with van der Waals surface area (Å²) in [6.07, 6.45) is -0.0675. The van der Waals surface area contributed by atoms with Gasteiger partial charge in [0.2, 0.25) is 4.73 Å². The van der Waals surface area contributed by atoms with Gasteiger partial charge in [-0.05, 0) is 35.0 Å². The van der Waals surface area contributed by atoms with Crippen LogP contribution in [-0.2, 0) is 11.3 Å². The molecule has 20 heavy (non-hydrogen) atoms. The molecule has 0 N–H and O–H groups in total. The number of benzene rings is 1. The first-order valence-electron chi connectivity index (χ1n) is 5.75. The summed E-state index contributed by atoms with van der Waals surface area (Å²) >= 11 is 8.95. The predicted molar refractivity (Wildman–Crippen MR) is 75.7 cm³/mol. The van der Waals surface area contributed by atoms with Crippen molar-refractivity contribution in [3.8, 4) is 11.8 Å². The summed E-state index contributed by atoms with van der Waals surface area (Å²) in [4.78, 5) is 4.08. The normalized spacial score (nSPS) is 12.4. The molecule has 0 aliphatic carbocycles. The molecule has 1 aromatic heterocycles. The largest absolute Gasteiger partial charge is 0.424 e. The number of rotatable bonds is 5. The van der Waals surface area contributed by atoms with Crippen LogP contribution in [0.25, 0.3) is 0 Å². The lowest BCUT2D eigenvalue weighted by Crippen LogP contribution is -2.16. The monoisotopic (exact) mass is 363 g/mol. The summed E-state index contributed by atoms with van der Waals surface area (Å²) in [5.41, 5.74) is 0. The molecule has 2 aromatic rings. The summed E-state index contributed by atoms with van der Waals surface area (Å²) in [7, 11) is 1.60. The van der Waals surface area contributed by atoms with E-state index in [1.54, 1.807) is 7.11 Å². The third-order valence-electron chi connectivity index (χ3n) is 2.49. The number of aromatic nitrogens is 3. The van der Waals surface area contributed by atoms with Crippen LogP contribution in [0.4, 0.5) is 4.39 Å². The number of hydrogen-bond acceptors (Lipinski definition) is 4. The van der Waals surface area contributed by atoms with Crippen LogP contribution >= 0.6 is 27.5 Å². The fourth-order valence-electron chi connectivity index (χ4n) is 1.51. The van der Waals surface area contributed by atoms with E-state index < -0.39 is 5.82 Å². The number of halogens is 3. The fourth-order valence-corrected chi connectivity index (χ4v) is 2.06. The van der Waals surface area contributed by atoms with Crippen molar-refractivity contribution in [2.45, 2.75) is 19.6 Å². The summed E-state index contributed by atoms with van der Waals surface area (Å²) in [6, 6.07) is 4.14. The Morgan fingerprint density at radius 1 is 1.45 bits per heavy atom. The standard InChI is InChI=1S/C12H12BrClFN3O2/c1-7(19-2)6-18-12(16-11(13)17-18)20-10-4-8(14)3-9(15)5-10/h3-5,7H,6H2,1-2H3. The molecule has 1 aromatic carbocycles. The van der Waals surface area contributed by atoms with Crippen LogP contribution in [0.15, 0.2) is 22.9 Å². The Bertz CT molecular complexity index is 588.